The molecular weight excluding hydrogens is 304 g/mol. The lowest BCUT2D eigenvalue weighted by Gasteiger charge is -2.50. The predicted molar refractivity (Wildman–Crippen MR) is 101 cm³/mol. The van der Waals surface area contributed by atoms with Gasteiger partial charge in [0.15, 0.2) is 15.2 Å². The minimum atomic E-state index is -2.02. The second-order valence-electron chi connectivity index (χ2n) is 7.22. The molecule has 0 aliphatic heterocycles. The lowest BCUT2D eigenvalue weighted by atomic mass is 10.5. The van der Waals surface area contributed by atoms with Crippen LogP contribution in [0.15, 0.2) is 0 Å². The fraction of sp³-hybridized carbons (Fsp3) is 0.778. The van der Waals surface area contributed by atoms with Gasteiger partial charge in [0.05, 0.1) is 14.2 Å². The molecular formula is C18H34O2Si2. The summed E-state index contributed by atoms with van der Waals surface area (Å²) >= 11 is 0. The molecule has 0 amide bonds. The maximum absolute atomic E-state index is 5.17. The lowest BCUT2D eigenvalue weighted by molar-refractivity contribution is 0.372. The van der Waals surface area contributed by atoms with Crippen LogP contribution in [-0.4, -0.2) is 29.4 Å². The molecule has 2 nitrogen and oxygen atoms in total. The first-order chi connectivity index (χ1) is 10.1. The molecule has 0 N–H and O–H groups in total. The van der Waals surface area contributed by atoms with Crippen molar-refractivity contribution in [2.75, 3.05) is 14.2 Å². The molecule has 0 aromatic carbocycles. The molecule has 0 heterocycles. The van der Waals surface area contributed by atoms with Crippen LogP contribution >= 0.6 is 0 Å². The Hall–Kier alpha value is -0.846. The Kier molecular flexibility index (Phi) is 8.36. The molecule has 0 bridgehead atoms. The first kappa shape index (κ1) is 21.2. The van der Waals surface area contributed by atoms with Crippen molar-refractivity contribution < 1.29 is 9.47 Å². The summed E-state index contributed by atoms with van der Waals surface area (Å²) in [6.45, 7) is 18.6. The first-order valence-corrected chi connectivity index (χ1v) is 13.6. The zero-order valence-corrected chi connectivity index (χ0v) is 18.1. The monoisotopic (exact) mass is 338 g/mol. The normalized spacial score (nSPS) is 12.1. The van der Waals surface area contributed by atoms with Gasteiger partial charge in [-0.15, -0.1) is 0 Å². The Morgan fingerprint density at radius 1 is 0.545 bits per heavy atom. The van der Waals surface area contributed by atoms with Gasteiger partial charge in [-0.2, -0.15) is 0 Å². The second kappa shape index (κ2) is 8.70. The molecule has 0 aromatic rings. The minimum absolute atomic E-state index is 0.540. The van der Waals surface area contributed by atoms with E-state index in [4.69, 9.17) is 9.47 Å². The summed E-state index contributed by atoms with van der Waals surface area (Å²) in [5.74, 6) is 0. The second-order valence-corrected chi connectivity index (χ2v) is 20.8. The van der Waals surface area contributed by atoms with Gasteiger partial charge >= 0.3 is 0 Å². The molecule has 0 aromatic heterocycles. The fourth-order valence-electron chi connectivity index (χ4n) is 4.30. The van der Waals surface area contributed by atoms with Crippen LogP contribution in [0, 0.1) is 23.3 Å². The van der Waals surface area contributed by atoms with E-state index in [1.54, 1.807) is 14.2 Å². The zero-order chi connectivity index (χ0) is 17.6. The van der Waals surface area contributed by atoms with Gasteiger partial charge in [-0.05, 0) is 22.2 Å². The van der Waals surface area contributed by atoms with Crippen molar-refractivity contribution in [2.45, 2.75) is 77.6 Å². The van der Waals surface area contributed by atoms with Crippen LogP contribution in [0.2, 0.25) is 22.2 Å². The summed E-state index contributed by atoms with van der Waals surface area (Å²) in [7, 11) is -0.721. The first-order valence-electron chi connectivity index (χ1n) is 8.25. The summed E-state index contributed by atoms with van der Waals surface area (Å²) in [5, 5.41) is 0. The summed E-state index contributed by atoms with van der Waals surface area (Å²) in [4.78, 5) is 0. The molecule has 0 rings (SSSR count). The van der Waals surface area contributed by atoms with Gasteiger partial charge in [0, 0.05) is 0 Å². The Morgan fingerprint density at radius 2 is 0.773 bits per heavy atom. The van der Waals surface area contributed by atoms with Gasteiger partial charge in [-0.25, -0.2) is 0 Å². The van der Waals surface area contributed by atoms with Gasteiger partial charge in [0.2, 0.25) is 0 Å². The van der Waals surface area contributed by atoms with E-state index in [0.29, 0.717) is 22.2 Å². The van der Waals surface area contributed by atoms with Crippen molar-refractivity contribution in [3.05, 3.63) is 0 Å². The molecule has 0 aliphatic rings. The van der Waals surface area contributed by atoms with Crippen LogP contribution in [-0.2, 0) is 9.47 Å². The molecule has 0 spiro atoms. The third-order valence-electron chi connectivity index (χ3n) is 5.05. The standard InChI is InChI=1S/C18H34O2Si2/c1-15(2)21(16(3)4,13-11-19-9)22(17(5)6,18(7)8)14-12-20-10/h15-18H,1-10H3. The highest BCUT2D eigenvalue weighted by atomic mass is 29.3. The highest BCUT2D eigenvalue weighted by molar-refractivity contribution is 7.50. The van der Waals surface area contributed by atoms with E-state index in [0.717, 1.165) is 0 Å². The quantitative estimate of drug-likeness (QED) is 0.524. The van der Waals surface area contributed by atoms with Crippen LogP contribution in [0.5, 0.6) is 0 Å². The number of hydrogen-bond acceptors (Lipinski definition) is 2. The molecule has 0 unspecified atom stereocenters. The largest absolute Gasteiger partial charge is 0.450 e. The van der Waals surface area contributed by atoms with Crippen molar-refractivity contribution in [3.63, 3.8) is 0 Å². The molecule has 0 radical (unpaired) electrons. The van der Waals surface area contributed by atoms with Crippen molar-refractivity contribution in [3.8, 4) is 23.3 Å². The van der Waals surface area contributed by atoms with Gasteiger partial charge in [0.25, 0.3) is 0 Å². The summed E-state index contributed by atoms with van der Waals surface area (Å²) in [6.07, 6.45) is 5.96. The van der Waals surface area contributed by atoms with E-state index in [2.05, 4.69) is 78.7 Å². The molecule has 0 saturated heterocycles. The maximum atomic E-state index is 5.17. The summed E-state index contributed by atoms with van der Waals surface area (Å²) in [5.41, 5.74) is 9.49. The third-order valence-corrected chi connectivity index (χ3v) is 26.5. The van der Waals surface area contributed by atoms with E-state index < -0.39 is 15.2 Å². The smallest absolute Gasteiger partial charge is 0.154 e. The Bertz CT molecular complexity index is 399. The van der Waals surface area contributed by atoms with Crippen molar-refractivity contribution in [2.24, 2.45) is 0 Å². The lowest BCUT2D eigenvalue weighted by Crippen LogP contribution is -2.68. The SMILES string of the molecule is COC#C[Si](C(C)C)(C(C)C)[Si](C#COC)(C(C)C)C(C)C. The number of ether oxygens (including phenoxy) is 2. The Labute approximate surface area is 140 Å². The topological polar surface area (TPSA) is 18.5 Å². The number of hydrogen-bond donors (Lipinski definition) is 0. The summed E-state index contributed by atoms with van der Waals surface area (Å²) in [6, 6.07) is 0. The molecule has 0 saturated carbocycles. The number of methoxy groups -OCH3 is 2. The Balaban J connectivity index is 6.77. The molecule has 22 heavy (non-hydrogen) atoms. The van der Waals surface area contributed by atoms with Gasteiger partial charge in [-0.3, -0.25) is 0 Å². The maximum Gasteiger partial charge on any atom is 0.154 e. The third kappa shape index (κ3) is 3.55. The van der Waals surface area contributed by atoms with Crippen LogP contribution in [0.3, 0.4) is 0 Å². The zero-order valence-electron chi connectivity index (χ0n) is 16.1. The predicted octanol–water partition coefficient (Wildman–Crippen LogP) is 4.90. The highest BCUT2D eigenvalue weighted by Crippen LogP contribution is 2.49. The Morgan fingerprint density at radius 3 is 0.909 bits per heavy atom. The van der Waals surface area contributed by atoms with Crippen LogP contribution in [0.1, 0.15) is 55.4 Å². The van der Waals surface area contributed by atoms with Crippen molar-refractivity contribution in [1.82, 2.24) is 0 Å². The van der Waals surface area contributed by atoms with Crippen LogP contribution in [0.4, 0.5) is 0 Å². The minimum Gasteiger partial charge on any atom is -0.450 e. The molecule has 0 atom stereocenters. The van der Waals surface area contributed by atoms with Crippen LogP contribution < -0.4 is 0 Å². The summed E-state index contributed by atoms with van der Waals surface area (Å²) < 4.78 is 10.3. The van der Waals surface area contributed by atoms with Crippen LogP contribution in [0.25, 0.3) is 0 Å². The van der Waals surface area contributed by atoms with Gasteiger partial charge in [0.1, 0.15) is 12.2 Å². The van der Waals surface area contributed by atoms with E-state index in [1.807, 2.05) is 0 Å². The number of rotatable bonds is 5. The molecule has 4 heteroatoms. The average Bonchev–Trinajstić information content (AvgIpc) is 2.40. The van der Waals surface area contributed by atoms with E-state index >= 15 is 0 Å². The fourth-order valence-corrected chi connectivity index (χ4v) is 25.9. The van der Waals surface area contributed by atoms with E-state index in [-0.39, 0.29) is 0 Å². The average molecular weight is 339 g/mol. The van der Waals surface area contributed by atoms with Crippen molar-refractivity contribution >= 4 is 15.2 Å². The molecule has 126 valence electrons. The van der Waals surface area contributed by atoms with E-state index in [1.165, 1.54) is 0 Å². The van der Waals surface area contributed by atoms with Gasteiger partial charge in [-0.1, -0.05) is 66.5 Å². The highest BCUT2D eigenvalue weighted by Gasteiger charge is 2.61. The van der Waals surface area contributed by atoms with Gasteiger partial charge < -0.3 is 9.47 Å². The molecule has 0 aliphatic carbocycles. The van der Waals surface area contributed by atoms with Crippen molar-refractivity contribution in [1.29, 1.82) is 0 Å². The molecule has 0 fully saturated rings. The van der Waals surface area contributed by atoms with E-state index in [9.17, 15) is 0 Å².